The second-order valence-corrected chi connectivity index (χ2v) is 3.61. The Balaban J connectivity index is 2.69. The maximum Gasteiger partial charge on any atom is 0.0956 e. The van der Waals surface area contributed by atoms with Gasteiger partial charge in [-0.3, -0.25) is 4.98 Å². The topological polar surface area (TPSA) is 25.8 Å². The summed E-state index contributed by atoms with van der Waals surface area (Å²) in [5, 5.41) is 0. The molecule has 0 fully saturated rings. The predicted molar refractivity (Wildman–Crippen MR) is 57.5 cm³/mol. The van der Waals surface area contributed by atoms with Gasteiger partial charge in [-0.1, -0.05) is 18.7 Å². The molecular weight excluding hydrogens is 228 g/mol. The monoisotopic (exact) mass is 234 g/mol. The van der Waals surface area contributed by atoms with E-state index in [0.29, 0.717) is 0 Å². The van der Waals surface area contributed by atoms with Gasteiger partial charge in [0, 0.05) is 4.48 Å². The summed E-state index contributed by atoms with van der Waals surface area (Å²) in [7, 11) is 0. The number of benzene rings is 1. The number of hydrogen-bond donors (Lipinski definition) is 0. The fourth-order valence-corrected chi connectivity index (χ4v) is 1.28. The van der Waals surface area contributed by atoms with Crippen molar-refractivity contribution in [2.75, 3.05) is 0 Å². The normalized spacial score (nSPS) is 10.2. The molecule has 0 radical (unpaired) electrons. The van der Waals surface area contributed by atoms with Crippen molar-refractivity contribution in [3.8, 4) is 0 Å². The zero-order chi connectivity index (χ0) is 9.26. The van der Waals surface area contributed by atoms with Crippen LogP contribution in [0.2, 0.25) is 0 Å². The van der Waals surface area contributed by atoms with Crippen LogP contribution in [0.1, 0.15) is 5.69 Å². The fourth-order valence-electron chi connectivity index (χ4n) is 1.09. The Morgan fingerprint density at radius 3 is 2.62 bits per heavy atom. The number of para-hydroxylation sites is 2. The van der Waals surface area contributed by atoms with E-state index in [9.17, 15) is 0 Å². The van der Waals surface area contributed by atoms with E-state index in [0.717, 1.165) is 21.2 Å². The molecule has 0 unspecified atom stereocenters. The minimum atomic E-state index is 0.755. The molecule has 1 heterocycles. The summed E-state index contributed by atoms with van der Waals surface area (Å²) in [4.78, 5) is 8.61. The molecule has 2 rings (SSSR count). The summed E-state index contributed by atoms with van der Waals surface area (Å²) in [5.41, 5.74) is 2.57. The first-order valence-electron chi connectivity index (χ1n) is 3.84. The van der Waals surface area contributed by atoms with E-state index < -0.39 is 0 Å². The van der Waals surface area contributed by atoms with Crippen molar-refractivity contribution >= 4 is 31.4 Å². The Bertz CT molecular complexity index is 465. The quantitative estimate of drug-likeness (QED) is 0.759. The molecule has 0 saturated carbocycles. The van der Waals surface area contributed by atoms with E-state index in [1.165, 1.54) is 0 Å². The summed E-state index contributed by atoms with van der Waals surface area (Å²) < 4.78 is 0.755. The number of hydrogen-bond acceptors (Lipinski definition) is 2. The molecule has 2 nitrogen and oxygen atoms in total. The molecule has 64 valence electrons. The van der Waals surface area contributed by atoms with Crippen molar-refractivity contribution in [3.63, 3.8) is 0 Å². The van der Waals surface area contributed by atoms with Crippen LogP contribution in [-0.4, -0.2) is 9.97 Å². The van der Waals surface area contributed by atoms with Crippen LogP contribution in [0.4, 0.5) is 0 Å². The van der Waals surface area contributed by atoms with Crippen molar-refractivity contribution < 1.29 is 0 Å². The van der Waals surface area contributed by atoms with Crippen LogP contribution in [0.25, 0.3) is 15.5 Å². The Morgan fingerprint density at radius 2 is 1.92 bits per heavy atom. The Kier molecular flexibility index (Phi) is 2.10. The summed E-state index contributed by atoms with van der Waals surface area (Å²) in [6.07, 6.45) is 1.71. The van der Waals surface area contributed by atoms with E-state index in [2.05, 4.69) is 32.5 Å². The molecule has 0 aliphatic heterocycles. The lowest BCUT2D eigenvalue weighted by atomic mass is 10.3. The first-order valence-corrected chi connectivity index (χ1v) is 4.63. The molecule has 1 aromatic carbocycles. The molecule has 0 saturated heterocycles. The Labute approximate surface area is 84.5 Å². The van der Waals surface area contributed by atoms with Crippen LogP contribution < -0.4 is 0 Å². The molecule has 0 bridgehead atoms. The highest BCUT2D eigenvalue weighted by molar-refractivity contribution is 9.15. The lowest BCUT2D eigenvalue weighted by Crippen LogP contribution is -1.87. The summed E-state index contributed by atoms with van der Waals surface area (Å²) >= 11 is 3.27. The number of aromatic nitrogens is 2. The zero-order valence-electron chi connectivity index (χ0n) is 6.87. The second kappa shape index (κ2) is 3.26. The van der Waals surface area contributed by atoms with Gasteiger partial charge in [0.2, 0.25) is 0 Å². The third-order valence-corrected chi connectivity index (χ3v) is 2.13. The maximum atomic E-state index is 4.37. The number of rotatable bonds is 1. The predicted octanol–water partition coefficient (Wildman–Crippen LogP) is 3.00. The SMILES string of the molecule is C=C(Br)c1cnc2ccccc2n1. The van der Waals surface area contributed by atoms with Crippen molar-refractivity contribution in [1.82, 2.24) is 9.97 Å². The molecule has 0 N–H and O–H groups in total. The highest BCUT2D eigenvalue weighted by Crippen LogP contribution is 2.17. The lowest BCUT2D eigenvalue weighted by molar-refractivity contribution is 1.26. The molecule has 1 aromatic heterocycles. The Morgan fingerprint density at radius 1 is 1.23 bits per heavy atom. The second-order valence-electron chi connectivity index (χ2n) is 2.65. The zero-order valence-corrected chi connectivity index (χ0v) is 8.45. The summed E-state index contributed by atoms with van der Waals surface area (Å²) in [6.45, 7) is 3.75. The van der Waals surface area contributed by atoms with Crippen LogP contribution in [-0.2, 0) is 0 Å². The fraction of sp³-hybridized carbons (Fsp3) is 0. The molecule has 2 aromatic rings. The van der Waals surface area contributed by atoms with Gasteiger partial charge in [0.05, 0.1) is 22.9 Å². The van der Waals surface area contributed by atoms with Crippen molar-refractivity contribution in [1.29, 1.82) is 0 Å². The van der Waals surface area contributed by atoms with E-state index in [1.807, 2.05) is 24.3 Å². The van der Waals surface area contributed by atoms with Crippen molar-refractivity contribution in [2.24, 2.45) is 0 Å². The standard InChI is InChI=1S/C10H7BrN2/c1-7(11)10-6-12-8-4-2-3-5-9(8)13-10/h2-6H,1H2. The molecule has 3 heteroatoms. The molecule has 0 amide bonds. The number of nitrogens with zero attached hydrogens (tertiary/aromatic N) is 2. The van der Waals surface area contributed by atoms with Gasteiger partial charge < -0.3 is 0 Å². The minimum absolute atomic E-state index is 0.755. The van der Waals surface area contributed by atoms with Gasteiger partial charge >= 0.3 is 0 Å². The van der Waals surface area contributed by atoms with Gasteiger partial charge in [-0.25, -0.2) is 4.98 Å². The van der Waals surface area contributed by atoms with E-state index in [1.54, 1.807) is 6.20 Å². The lowest BCUT2D eigenvalue weighted by Gasteiger charge is -1.98. The third kappa shape index (κ3) is 1.60. The van der Waals surface area contributed by atoms with Gasteiger partial charge in [0.1, 0.15) is 0 Å². The van der Waals surface area contributed by atoms with Crippen LogP contribution in [0.3, 0.4) is 0 Å². The van der Waals surface area contributed by atoms with Gasteiger partial charge in [0.15, 0.2) is 0 Å². The molecule has 0 aliphatic rings. The number of halogens is 1. The molecule has 13 heavy (non-hydrogen) atoms. The molecule has 0 spiro atoms. The highest BCUT2D eigenvalue weighted by Gasteiger charge is 1.99. The minimum Gasteiger partial charge on any atom is -0.252 e. The van der Waals surface area contributed by atoms with Crippen LogP contribution in [0, 0.1) is 0 Å². The average Bonchev–Trinajstić information content (AvgIpc) is 2.17. The van der Waals surface area contributed by atoms with Crippen LogP contribution >= 0.6 is 15.9 Å². The van der Waals surface area contributed by atoms with Crippen molar-refractivity contribution in [2.45, 2.75) is 0 Å². The van der Waals surface area contributed by atoms with Gasteiger partial charge in [-0.15, -0.1) is 0 Å². The first-order chi connectivity index (χ1) is 6.27. The first kappa shape index (κ1) is 8.38. The maximum absolute atomic E-state index is 4.37. The van der Waals surface area contributed by atoms with Crippen molar-refractivity contribution in [3.05, 3.63) is 42.7 Å². The third-order valence-electron chi connectivity index (χ3n) is 1.73. The van der Waals surface area contributed by atoms with Gasteiger partial charge in [-0.2, -0.15) is 0 Å². The Hall–Kier alpha value is -1.22. The van der Waals surface area contributed by atoms with Gasteiger partial charge in [-0.05, 0) is 28.1 Å². The highest BCUT2D eigenvalue weighted by atomic mass is 79.9. The van der Waals surface area contributed by atoms with Crippen LogP contribution in [0.15, 0.2) is 37.0 Å². The smallest absolute Gasteiger partial charge is 0.0956 e. The largest absolute Gasteiger partial charge is 0.252 e. The summed E-state index contributed by atoms with van der Waals surface area (Å²) in [5.74, 6) is 0. The molecule has 0 aliphatic carbocycles. The van der Waals surface area contributed by atoms with Crippen LogP contribution in [0.5, 0.6) is 0 Å². The van der Waals surface area contributed by atoms with E-state index in [4.69, 9.17) is 0 Å². The summed E-state index contributed by atoms with van der Waals surface area (Å²) in [6, 6.07) is 7.75. The molecular formula is C10H7BrN2. The van der Waals surface area contributed by atoms with E-state index in [-0.39, 0.29) is 0 Å². The van der Waals surface area contributed by atoms with E-state index >= 15 is 0 Å². The number of fused-ring (bicyclic) bond motifs is 1. The average molecular weight is 235 g/mol. The molecule has 0 atom stereocenters. The van der Waals surface area contributed by atoms with Gasteiger partial charge in [0.25, 0.3) is 0 Å².